The van der Waals surface area contributed by atoms with Crippen molar-refractivity contribution in [2.45, 2.75) is 48.2 Å². The molecule has 2 aliphatic carbocycles. The molecule has 2 aromatic heterocycles. The van der Waals surface area contributed by atoms with Gasteiger partial charge in [-0.1, -0.05) is 53.4 Å². The molecule has 2 fully saturated rings. The molecule has 3 aromatic rings. The maximum Gasteiger partial charge on any atom is 0.192 e. The first-order valence-electron chi connectivity index (χ1n) is 10.8. The van der Waals surface area contributed by atoms with Crippen molar-refractivity contribution in [2.24, 2.45) is 5.92 Å². The first kappa shape index (κ1) is 21.3. The Labute approximate surface area is 189 Å². The predicted molar refractivity (Wildman–Crippen MR) is 121 cm³/mol. The topological polar surface area (TPSA) is 129 Å². The van der Waals surface area contributed by atoms with Gasteiger partial charge in [-0.2, -0.15) is 0 Å². The summed E-state index contributed by atoms with van der Waals surface area (Å²) in [7, 11) is 0. The van der Waals surface area contributed by atoms with Crippen LogP contribution in [-0.4, -0.2) is 70.9 Å². The highest BCUT2D eigenvalue weighted by atomic mass is 32.2. The molecule has 1 aromatic carbocycles. The zero-order valence-electron chi connectivity index (χ0n) is 17.4. The molecule has 0 saturated heterocycles. The van der Waals surface area contributed by atoms with Crippen LogP contribution >= 0.6 is 11.8 Å². The fourth-order valence-corrected chi connectivity index (χ4v) is 5.03. The molecule has 9 nitrogen and oxygen atoms in total. The molecule has 2 unspecified atom stereocenters. The third-order valence-corrected chi connectivity index (χ3v) is 7.14. The van der Waals surface area contributed by atoms with Gasteiger partial charge in [-0.25, -0.2) is 14.6 Å². The van der Waals surface area contributed by atoms with E-state index < -0.39 is 24.2 Å². The molecule has 0 aliphatic heterocycles. The monoisotopic (exact) mass is 454 g/mol. The number of hydrogen-bond acceptors (Lipinski definition) is 9. The van der Waals surface area contributed by atoms with Gasteiger partial charge in [0.25, 0.3) is 0 Å². The fourth-order valence-electron chi connectivity index (χ4n) is 4.45. The molecule has 5 rings (SSSR count). The third kappa shape index (κ3) is 3.88. The van der Waals surface area contributed by atoms with E-state index in [4.69, 9.17) is 0 Å². The van der Waals surface area contributed by atoms with Gasteiger partial charge >= 0.3 is 0 Å². The largest absolute Gasteiger partial charge is 0.396 e. The summed E-state index contributed by atoms with van der Waals surface area (Å²) in [5, 5.41) is 43.0. The lowest BCUT2D eigenvalue weighted by atomic mass is 10.1. The van der Waals surface area contributed by atoms with Gasteiger partial charge in [0.1, 0.15) is 6.10 Å². The molecule has 0 radical (unpaired) electrons. The molecule has 2 saturated carbocycles. The first-order valence-corrected chi connectivity index (χ1v) is 11.7. The molecule has 0 amide bonds. The molecule has 2 heterocycles. The van der Waals surface area contributed by atoms with Crippen molar-refractivity contribution >= 4 is 28.7 Å². The van der Waals surface area contributed by atoms with E-state index in [1.165, 1.54) is 17.3 Å². The van der Waals surface area contributed by atoms with Crippen molar-refractivity contribution in [3.05, 3.63) is 48.6 Å². The second-order valence-electron chi connectivity index (χ2n) is 8.39. The molecule has 168 valence electrons. The van der Waals surface area contributed by atoms with Gasteiger partial charge in [0.05, 0.1) is 12.1 Å². The Morgan fingerprint density at radius 3 is 2.69 bits per heavy atom. The smallest absolute Gasteiger partial charge is 0.192 e. The van der Waals surface area contributed by atoms with Crippen LogP contribution in [0, 0.1) is 5.92 Å². The normalized spacial score (nSPS) is 29.3. The van der Waals surface area contributed by atoms with Crippen molar-refractivity contribution in [3.63, 3.8) is 0 Å². The quantitative estimate of drug-likeness (QED) is 0.228. The third-order valence-electron chi connectivity index (χ3n) is 6.29. The maximum atomic E-state index is 10.6. The highest BCUT2D eigenvalue weighted by Crippen LogP contribution is 2.43. The lowest BCUT2D eigenvalue weighted by Gasteiger charge is -2.17. The van der Waals surface area contributed by atoms with E-state index in [2.05, 4.69) is 44.3 Å². The van der Waals surface area contributed by atoms with Gasteiger partial charge in [-0.15, -0.1) is 11.7 Å². The summed E-state index contributed by atoms with van der Waals surface area (Å²) in [5.74, 6) is 1.27. The van der Waals surface area contributed by atoms with Gasteiger partial charge in [-0.05, 0) is 18.4 Å². The summed E-state index contributed by atoms with van der Waals surface area (Å²) in [5.41, 5.74) is 2.32. The second-order valence-corrected chi connectivity index (χ2v) is 9.38. The Balaban J connectivity index is 1.47. The number of aliphatic hydroxyl groups excluding tert-OH is 3. The molecule has 0 bridgehead atoms. The number of fused-ring (bicyclic) bond motifs is 1. The van der Waals surface area contributed by atoms with Gasteiger partial charge in [-0.3, -0.25) is 0 Å². The summed E-state index contributed by atoms with van der Waals surface area (Å²) in [6.07, 6.45) is 1.10. The number of anilines is 1. The summed E-state index contributed by atoms with van der Waals surface area (Å²) in [6, 6.07) is 10.1. The van der Waals surface area contributed by atoms with E-state index in [0.29, 0.717) is 40.2 Å². The van der Waals surface area contributed by atoms with Gasteiger partial charge < -0.3 is 20.6 Å². The number of hydrogen-bond donors (Lipinski definition) is 4. The summed E-state index contributed by atoms with van der Waals surface area (Å²) < 4.78 is 1.56. The molecule has 4 N–H and O–H groups in total. The van der Waals surface area contributed by atoms with Gasteiger partial charge in [0.2, 0.25) is 0 Å². The Morgan fingerprint density at radius 1 is 1.16 bits per heavy atom. The minimum absolute atomic E-state index is 0.202. The van der Waals surface area contributed by atoms with Crippen LogP contribution in [0.2, 0.25) is 0 Å². The predicted octanol–water partition coefficient (Wildman–Crippen LogP) is 1.74. The van der Waals surface area contributed by atoms with E-state index in [1.807, 2.05) is 18.2 Å². The van der Waals surface area contributed by atoms with Crippen LogP contribution in [0.5, 0.6) is 0 Å². The van der Waals surface area contributed by atoms with Crippen molar-refractivity contribution < 1.29 is 15.3 Å². The standard InChI is InChI=1S/C22H26N6O3S/c1-2-8-32-22-24-20(23-15-10-14(15)12-6-4-3-5-7-12)17-21(25-22)28(27-26-17)16-9-13(11-29)18(30)19(16)31/h2-7,13-16,18-19,29-31H,1,8-11H2,(H,23,24,25)/t13-,14?,15?,16-,18-,19+/m0/s1. The van der Waals surface area contributed by atoms with Crippen molar-refractivity contribution in [1.82, 2.24) is 25.0 Å². The molecule has 2 aliphatic rings. The van der Waals surface area contributed by atoms with Gasteiger partial charge in [0, 0.05) is 30.2 Å². The highest BCUT2D eigenvalue weighted by Gasteiger charge is 2.44. The average molecular weight is 455 g/mol. The van der Waals surface area contributed by atoms with Crippen molar-refractivity contribution in [2.75, 3.05) is 17.7 Å². The van der Waals surface area contributed by atoms with Crippen LogP contribution in [0.1, 0.15) is 30.4 Å². The van der Waals surface area contributed by atoms with Crippen LogP contribution in [0.3, 0.4) is 0 Å². The molecule has 10 heteroatoms. The molecule has 6 atom stereocenters. The number of thioether (sulfide) groups is 1. The average Bonchev–Trinajstić information content (AvgIpc) is 3.36. The van der Waals surface area contributed by atoms with Gasteiger partial charge in [0.15, 0.2) is 22.1 Å². The summed E-state index contributed by atoms with van der Waals surface area (Å²) >= 11 is 1.45. The number of nitrogens with zero attached hydrogens (tertiary/aromatic N) is 5. The number of nitrogens with one attached hydrogen (secondary N) is 1. The van der Waals surface area contributed by atoms with Crippen LogP contribution < -0.4 is 5.32 Å². The van der Waals surface area contributed by atoms with Crippen molar-refractivity contribution in [1.29, 1.82) is 0 Å². The number of benzene rings is 1. The zero-order valence-corrected chi connectivity index (χ0v) is 18.3. The zero-order chi connectivity index (χ0) is 22.2. The highest BCUT2D eigenvalue weighted by molar-refractivity contribution is 7.99. The Bertz CT molecular complexity index is 1110. The summed E-state index contributed by atoms with van der Waals surface area (Å²) in [6.45, 7) is 3.56. The van der Waals surface area contributed by atoms with Crippen LogP contribution in [0.4, 0.5) is 5.82 Å². The first-order chi connectivity index (χ1) is 15.6. The van der Waals surface area contributed by atoms with E-state index in [1.54, 1.807) is 10.8 Å². The minimum atomic E-state index is -1.06. The van der Waals surface area contributed by atoms with Crippen LogP contribution in [-0.2, 0) is 0 Å². The van der Waals surface area contributed by atoms with E-state index in [9.17, 15) is 15.3 Å². The number of aliphatic hydroxyl groups is 3. The minimum Gasteiger partial charge on any atom is -0.396 e. The second kappa shape index (κ2) is 8.78. The van der Waals surface area contributed by atoms with Crippen molar-refractivity contribution in [3.8, 4) is 0 Å². The number of aromatic nitrogens is 5. The molecule has 32 heavy (non-hydrogen) atoms. The van der Waals surface area contributed by atoms with Crippen LogP contribution in [0.25, 0.3) is 11.2 Å². The Kier molecular flexibility index (Phi) is 5.85. The van der Waals surface area contributed by atoms with Crippen LogP contribution in [0.15, 0.2) is 48.1 Å². The molecular formula is C22H26N6O3S. The van der Waals surface area contributed by atoms with E-state index in [0.717, 1.165) is 6.42 Å². The van der Waals surface area contributed by atoms with E-state index >= 15 is 0 Å². The fraction of sp³-hybridized carbons (Fsp3) is 0.455. The lowest BCUT2D eigenvalue weighted by Crippen LogP contribution is -2.30. The molecule has 0 spiro atoms. The Hall–Kier alpha value is -2.53. The molecular weight excluding hydrogens is 428 g/mol. The summed E-state index contributed by atoms with van der Waals surface area (Å²) in [4.78, 5) is 9.32. The van der Waals surface area contributed by atoms with E-state index in [-0.39, 0.29) is 12.6 Å². The SMILES string of the molecule is C=CCSc1nc(NC2CC2c2ccccc2)c2nnn([C@H]3C[C@@H](CO)[C@H](O)[C@@H]3O)c2n1. The maximum absolute atomic E-state index is 10.6. The Morgan fingerprint density at radius 2 is 1.97 bits per heavy atom. The lowest BCUT2D eigenvalue weighted by molar-refractivity contribution is -0.00512. The number of rotatable bonds is 8.